The molecule has 1 aromatic carbocycles. The van der Waals surface area contributed by atoms with Crippen LogP contribution < -0.4 is 10.6 Å². The number of para-hydroxylation sites is 2. The Labute approximate surface area is 116 Å². The van der Waals surface area contributed by atoms with Gasteiger partial charge in [0.25, 0.3) is 0 Å². The average Bonchev–Trinajstić information content (AvgIpc) is 3.11. The highest BCUT2D eigenvalue weighted by atomic mass is 16.2. The summed E-state index contributed by atoms with van der Waals surface area (Å²) in [5, 5.41) is 17.3. The molecule has 0 spiro atoms. The van der Waals surface area contributed by atoms with Crippen molar-refractivity contribution in [2.24, 2.45) is 5.41 Å². The molecule has 0 aliphatic carbocycles. The molecule has 104 valence electrons. The minimum absolute atomic E-state index is 0.0167. The Kier molecular flexibility index (Phi) is 3.19. The molecular formula is C13H16N6O. The fourth-order valence-electron chi connectivity index (χ4n) is 2.33. The highest BCUT2D eigenvalue weighted by Crippen LogP contribution is 2.28. The molecule has 1 aliphatic heterocycles. The van der Waals surface area contributed by atoms with E-state index in [1.54, 1.807) is 0 Å². The van der Waals surface area contributed by atoms with Crippen molar-refractivity contribution in [3.8, 4) is 5.69 Å². The first kappa shape index (κ1) is 12.7. The van der Waals surface area contributed by atoms with E-state index in [-0.39, 0.29) is 11.3 Å². The molecule has 1 aliphatic rings. The van der Waals surface area contributed by atoms with E-state index in [2.05, 4.69) is 26.2 Å². The molecule has 7 heteroatoms. The summed E-state index contributed by atoms with van der Waals surface area (Å²) in [6.45, 7) is 3.55. The first-order valence-corrected chi connectivity index (χ1v) is 6.54. The fourth-order valence-corrected chi connectivity index (χ4v) is 2.33. The number of anilines is 1. The van der Waals surface area contributed by atoms with Gasteiger partial charge in [0, 0.05) is 6.54 Å². The Morgan fingerprint density at radius 1 is 1.45 bits per heavy atom. The van der Waals surface area contributed by atoms with Crippen LogP contribution >= 0.6 is 0 Å². The summed E-state index contributed by atoms with van der Waals surface area (Å²) in [5.41, 5.74) is 1.09. The summed E-state index contributed by atoms with van der Waals surface area (Å²) in [6, 6.07) is 7.46. The van der Waals surface area contributed by atoms with Gasteiger partial charge in [0.05, 0.1) is 16.8 Å². The second kappa shape index (κ2) is 5.01. The van der Waals surface area contributed by atoms with Crippen LogP contribution in [0.15, 0.2) is 30.6 Å². The quantitative estimate of drug-likeness (QED) is 0.854. The maximum atomic E-state index is 12.4. The van der Waals surface area contributed by atoms with Crippen LogP contribution in [0.1, 0.15) is 13.3 Å². The van der Waals surface area contributed by atoms with Crippen molar-refractivity contribution in [1.29, 1.82) is 0 Å². The molecule has 2 N–H and O–H groups in total. The maximum absolute atomic E-state index is 12.4. The summed E-state index contributed by atoms with van der Waals surface area (Å²) in [7, 11) is 0. The molecule has 3 rings (SSSR count). The molecular weight excluding hydrogens is 256 g/mol. The molecule has 1 atom stereocenters. The maximum Gasteiger partial charge on any atom is 0.231 e. The first-order chi connectivity index (χ1) is 9.69. The van der Waals surface area contributed by atoms with Gasteiger partial charge in [-0.2, -0.15) is 4.68 Å². The number of nitrogens with one attached hydrogen (secondary N) is 2. The summed E-state index contributed by atoms with van der Waals surface area (Å²) >= 11 is 0. The Hall–Kier alpha value is -2.28. The molecule has 1 amide bonds. The van der Waals surface area contributed by atoms with Crippen LogP contribution in [-0.2, 0) is 4.79 Å². The predicted molar refractivity (Wildman–Crippen MR) is 73.4 cm³/mol. The van der Waals surface area contributed by atoms with Crippen LogP contribution in [0.2, 0.25) is 0 Å². The van der Waals surface area contributed by atoms with Gasteiger partial charge in [0.2, 0.25) is 5.91 Å². The van der Waals surface area contributed by atoms with Crippen molar-refractivity contribution in [1.82, 2.24) is 25.5 Å². The van der Waals surface area contributed by atoms with Crippen LogP contribution in [0.25, 0.3) is 5.69 Å². The van der Waals surface area contributed by atoms with E-state index in [1.165, 1.54) is 11.0 Å². The van der Waals surface area contributed by atoms with Gasteiger partial charge in [-0.3, -0.25) is 4.79 Å². The van der Waals surface area contributed by atoms with Gasteiger partial charge in [-0.15, -0.1) is 5.10 Å². The minimum atomic E-state index is -0.367. The van der Waals surface area contributed by atoms with Crippen LogP contribution in [-0.4, -0.2) is 39.2 Å². The zero-order valence-electron chi connectivity index (χ0n) is 11.2. The molecule has 0 saturated carbocycles. The Bertz CT molecular complexity index is 603. The van der Waals surface area contributed by atoms with Crippen molar-refractivity contribution in [2.45, 2.75) is 13.3 Å². The standard InChI is InChI=1S/C13H16N6O/c1-13(6-7-14-8-13)12(20)16-10-4-2-3-5-11(10)19-9-15-17-18-19/h2-5,9,14H,6-8H2,1H3,(H,16,20). The van der Waals surface area contributed by atoms with Crippen LogP contribution in [0.3, 0.4) is 0 Å². The molecule has 0 bridgehead atoms. The van der Waals surface area contributed by atoms with Gasteiger partial charge < -0.3 is 10.6 Å². The van der Waals surface area contributed by atoms with Gasteiger partial charge in [0.1, 0.15) is 6.33 Å². The Morgan fingerprint density at radius 2 is 2.30 bits per heavy atom. The SMILES string of the molecule is CC1(C(=O)Nc2ccccc2-n2cnnn2)CCNC1. The molecule has 1 unspecified atom stereocenters. The second-order valence-corrected chi connectivity index (χ2v) is 5.21. The monoisotopic (exact) mass is 272 g/mol. The third kappa shape index (κ3) is 2.27. The number of hydrogen-bond acceptors (Lipinski definition) is 5. The lowest BCUT2D eigenvalue weighted by Gasteiger charge is -2.22. The second-order valence-electron chi connectivity index (χ2n) is 5.21. The van der Waals surface area contributed by atoms with E-state index in [1.807, 2.05) is 31.2 Å². The highest BCUT2D eigenvalue weighted by molar-refractivity contribution is 5.97. The van der Waals surface area contributed by atoms with Crippen molar-refractivity contribution in [2.75, 3.05) is 18.4 Å². The summed E-state index contributed by atoms with van der Waals surface area (Å²) < 4.78 is 1.53. The lowest BCUT2D eigenvalue weighted by molar-refractivity contribution is -0.123. The smallest absolute Gasteiger partial charge is 0.231 e. The van der Waals surface area contributed by atoms with Gasteiger partial charge in [-0.1, -0.05) is 12.1 Å². The Balaban J connectivity index is 1.86. The van der Waals surface area contributed by atoms with Crippen molar-refractivity contribution >= 4 is 11.6 Å². The van der Waals surface area contributed by atoms with E-state index in [0.717, 1.165) is 18.7 Å². The number of carbonyl (C=O) groups is 1. The van der Waals surface area contributed by atoms with Crippen LogP contribution in [0.4, 0.5) is 5.69 Å². The van der Waals surface area contributed by atoms with E-state index in [0.29, 0.717) is 12.2 Å². The largest absolute Gasteiger partial charge is 0.324 e. The number of carbonyl (C=O) groups excluding carboxylic acids is 1. The molecule has 1 saturated heterocycles. The normalized spacial score (nSPS) is 21.9. The number of nitrogens with zero attached hydrogens (tertiary/aromatic N) is 4. The molecule has 1 aromatic heterocycles. The summed E-state index contributed by atoms with van der Waals surface area (Å²) in [4.78, 5) is 12.4. The van der Waals surface area contributed by atoms with Crippen molar-refractivity contribution in [3.05, 3.63) is 30.6 Å². The lowest BCUT2D eigenvalue weighted by atomic mass is 9.88. The highest BCUT2D eigenvalue weighted by Gasteiger charge is 2.36. The first-order valence-electron chi connectivity index (χ1n) is 6.54. The average molecular weight is 272 g/mol. The molecule has 7 nitrogen and oxygen atoms in total. The number of aromatic nitrogens is 4. The van der Waals surface area contributed by atoms with E-state index >= 15 is 0 Å². The molecule has 2 heterocycles. The number of hydrogen-bond donors (Lipinski definition) is 2. The van der Waals surface area contributed by atoms with E-state index < -0.39 is 0 Å². The zero-order valence-corrected chi connectivity index (χ0v) is 11.2. The van der Waals surface area contributed by atoms with Crippen LogP contribution in [0.5, 0.6) is 0 Å². The predicted octanol–water partition coefficient (Wildman–Crippen LogP) is 0.600. The Morgan fingerprint density at radius 3 is 3.00 bits per heavy atom. The molecule has 1 fully saturated rings. The summed E-state index contributed by atoms with van der Waals surface area (Å²) in [6.07, 6.45) is 2.34. The number of amides is 1. The van der Waals surface area contributed by atoms with Crippen LogP contribution in [0, 0.1) is 5.41 Å². The number of benzene rings is 1. The fraction of sp³-hybridized carbons (Fsp3) is 0.385. The molecule has 20 heavy (non-hydrogen) atoms. The van der Waals surface area contributed by atoms with Gasteiger partial charge in [-0.05, 0) is 42.4 Å². The van der Waals surface area contributed by atoms with Crippen molar-refractivity contribution in [3.63, 3.8) is 0 Å². The van der Waals surface area contributed by atoms with E-state index in [9.17, 15) is 4.79 Å². The molecule has 2 aromatic rings. The van der Waals surface area contributed by atoms with E-state index in [4.69, 9.17) is 0 Å². The van der Waals surface area contributed by atoms with Crippen molar-refractivity contribution < 1.29 is 4.79 Å². The number of tetrazole rings is 1. The lowest BCUT2D eigenvalue weighted by Crippen LogP contribution is -2.35. The number of rotatable bonds is 3. The van der Waals surface area contributed by atoms with Gasteiger partial charge >= 0.3 is 0 Å². The minimum Gasteiger partial charge on any atom is -0.324 e. The van der Waals surface area contributed by atoms with Gasteiger partial charge in [-0.25, -0.2) is 0 Å². The molecule has 0 radical (unpaired) electrons. The zero-order chi connectivity index (χ0) is 14.0. The topological polar surface area (TPSA) is 84.7 Å². The third-order valence-electron chi connectivity index (χ3n) is 3.66. The van der Waals surface area contributed by atoms with Gasteiger partial charge in [0.15, 0.2) is 0 Å². The third-order valence-corrected chi connectivity index (χ3v) is 3.66. The summed E-state index contributed by atoms with van der Waals surface area (Å²) in [5.74, 6) is 0.0167.